The molecule has 0 bridgehead atoms. The van der Waals surface area contributed by atoms with Gasteiger partial charge in [-0.25, -0.2) is 0 Å². The summed E-state index contributed by atoms with van der Waals surface area (Å²) in [6.45, 7) is 4.31. The van der Waals surface area contributed by atoms with Crippen LogP contribution in [-0.4, -0.2) is 36.2 Å². The minimum atomic E-state index is -0.593. The van der Waals surface area contributed by atoms with Gasteiger partial charge in [-0.1, -0.05) is 0 Å². The lowest BCUT2D eigenvalue weighted by Gasteiger charge is -2.12. The quantitative estimate of drug-likeness (QED) is 0.473. The molecule has 0 saturated carbocycles. The van der Waals surface area contributed by atoms with Crippen molar-refractivity contribution in [2.24, 2.45) is 0 Å². The molecule has 0 amide bonds. The van der Waals surface area contributed by atoms with E-state index in [4.69, 9.17) is 9.47 Å². The fraction of sp³-hybridized carbons (Fsp3) is 0.667. The summed E-state index contributed by atoms with van der Waals surface area (Å²) in [7, 11) is 0. The average molecular weight is 258 g/mol. The number of esters is 2. The van der Waals surface area contributed by atoms with Crippen molar-refractivity contribution in [2.75, 3.05) is 6.61 Å². The monoisotopic (exact) mass is 258 g/mol. The Balaban J connectivity index is 3.74. The molecule has 0 rings (SSSR count). The van der Waals surface area contributed by atoms with Crippen LogP contribution in [0.25, 0.3) is 0 Å². The van der Waals surface area contributed by atoms with Gasteiger partial charge in [0.05, 0.1) is 6.61 Å². The van der Waals surface area contributed by atoms with Crippen LogP contribution in [0.4, 0.5) is 0 Å². The number of carbonyl (C=O) groups excluding carboxylic acids is 4. The molecule has 1 atom stereocenters. The molecule has 0 saturated heterocycles. The summed E-state index contributed by atoms with van der Waals surface area (Å²) in [6, 6.07) is 0. The second-order valence-electron chi connectivity index (χ2n) is 4.07. The van der Waals surface area contributed by atoms with E-state index < -0.39 is 18.0 Å². The van der Waals surface area contributed by atoms with Crippen LogP contribution >= 0.6 is 0 Å². The topological polar surface area (TPSA) is 86.7 Å². The second kappa shape index (κ2) is 8.38. The summed E-state index contributed by atoms with van der Waals surface area (Å²) in [4.78, 5) is 43.4. The number of rotatable bonds is 8. The predicted octanol–water partition coefficient (Wildman–Crippen LogP) is 0.810. The summed E-state index contributed by atoms with van der Waals surface area (Å²) in [5.41, 5.74) is 0. The number of ketones is 2. The van der Waals surface area contributed by atoms with Crippen molar-refractivity contribution in [2.45, 2.75) is 46.1 Å². The molecule has 0 spiro atoms. The predicted molar refractivity (Wildman–Crippen MR) is 61.7 cm³/mol. The molecular weight excluding hydrogens is 240 g/mol. The van der Waals surface area contributed by atoms with E-state index in [1.54, 1.807) is 6.92 Å². The molecule has 6 nitrogen and oxygen atoms in total. The van der Waals surface area contributed by atoms with Crippen molar-refractivity contribution in [3.63, 3.8) is 0 Å². The van der Waals surface area contributed by atoms with Crippen LogP contribution < -0.4 is 0 Å². The van der Waals surface area contributed by atoms with E-state index >= 15 is 0 Å². The van der Waals surface area contributed by atoms with E-state index in [-0.39, 0.29) is 31.0 Å². The van der Waals surface area contributed by atoms with Crippen LogP contribution in [0.15, 0.2) is 0 Å². The van der Waals surface area contributed by atoms with Crippen molar-refractivity contribution in [3.05, 3.63) is 0 Å². The van der Waals surface area contributed by atoms with E-state index in [0.717, 1.165) is 0 Å². The highest BCUT2D eigenvalue weighted by Gasteiger charge is 2.12. The van der Waals surface area contributed by atoms with Gasteiger partial charge in [0.2, 0.25) is 0 Å². The number of hydrogen-bond acceptors (Lipinski definition) is 6. The van der Waals surface area contributed by atoms with Crippen molar-refractivity contribution >= 4 is 23.5 Å². The third-order valence-electron chi connectivity index (χ3n) is 1.91. The van der Waals surface area contributed by atoms with Gasteiger partial charge in [0.25, 0.3) is 0 Å². The third-order valence-corrected chi connectivity index (χ3v) is 1.91. The van der Waals surface area contributed by atoms with Crippen LogP contribution in [0.2, 0.25) is 0 Å². The highest BCUT2D eigenvalue weighted by molar-refractivity contribution is 5.94. The number of hydrogen-bond donors (Lipinski definition) is 0. The molecule has 1 unspecified atom stereocenters. The maximum Gasteiger partial charge on any atom is 0.313 e. The van der Waals surface area contributed by atoms with Gasteiger partial charge in [0.15, 0.2) is 0 Å². The van der Waals surface area contributed by atoms with Crippen molar-refractivity contribution < 1.29 is 28.7 Å². The summed E-state index contributed by atoms with van der Waals surface area (Å²) in [6.07, 6.45) is -0.623. The van der Waals surface area contributed by atoms with E-state index in [2.05, 4.69) is 0 Å². The summed E-state index contributed by atoms with van der Waals surface area (Å²) >= 11 is 0. The van der Waals surface area contributed by atoms with E-state index in [9.17, 15) is 19.2 Å². The lowest BCUT2D eigenvalue weighted by molar-refractivity contribution is -0.151. The molecule has 0 radical (unpaired) electrons. The molecule has 18 heavy (non-hydrogen) atoms. The zero-order valence-corrected chi connectivity index (χ0v) is 10.9. The minimum Gasteiger partial charge on any atom is -0.465 e. The molecule has 0 aromatic carbocycles. The molecule has 102 valence electrons. The van der Waals surface area contributed by atoms with Gasteiger partial charge in [-0.15, -0.1) is 0 Å². The van der Waals surface area contributed by atoms with Gasteiger partial charge in [0.1, 0.15) is 30.5 Å². The molecule has 0 heterocycles. The first-order valence-electron chi connectivity index (χ1n) is 5.65. The molecule has 0 aliphatic carbocycles. The molecular formula is C12H18O6. The van der Waals surface area contributed by atoms with Crippen LogP contribution in [0.1, 0.15) is 40.0 Å². The second-order valence-corrected chi connectivity index (χ2v) is 4.07. The highest BCUT2D eigenvalue weighted by Crippen LogP contribution is 2.01. The Morgan fingerprint density at radius 3 is 1.94 bits per heavy atom. The van der Waals surface area contributed by atoms with Crippen molar-refractivity contribution in [1.29, 1.82) is 0 Å². The number of ether oxygens (including phenoxy) is 2. The molecule has 6 heteroatoms. The first kappa shape index (κ1) is 16.3. The van der Waals surface area contributed by atoms with Crippen LogP contribution in [-0.2, 0) is 28.7 Å². The molecule has 0 aliphatic heterocycles. The first-order chi connectivity index (χ1) is 8.31. The largest absolute Gasteiger partial charge is 0.465 e. The molecule has 0 aromatic heterocycles. The van der Waals surface area contributed by atoms with E-state index in [1.165, 1.54) is 13.8 Å². The summed E-state index contributed by atoms with van der Waals surface area (Å²) in [5.74, 6) is -1.71. The summed E-state index contributed by atoms with van der Waals surface area (Å²) in [5, 5.41) is 0. The number of Topliss-reactive ketones (excluding diaryl/α,β-unsaturated/α-hetero) is 2. The van der Waals surface area contributed by atoms with E-state index in [1.807, 2.05) is 0 Å². The first-order valence-corrected chi connectivity index (χ1v) is 5.65. The molecule has 0 N–H and O–H groups in total. The Morgan fingerprint density at radius 1 is 0.944 bits per heavy atom. The van der Waals surface area contributed by atoms with Crippen molar-refractivity contribution in [1.82, 2.24) is 0 Å². The molecule has 0 aromatic rings. The lowest BCUT2D eigenvalue weighted by atomic mass is 10.3. The smallest absolute Gasteiger partial charge is 0.313 e. The molecule has 0 fully saturated rings. The van der Waals surface area contributed by atoms with Gasteiger partial charge in [-0.3, -0.25) is 19.2 Å². The minimum absolute atomic E-state index is 0.0701. The zero-order chi connectivity index (χ0) is 14.1. The zero-order valence-electron chi connectivity index (χ0n) is 10.9. The highest BCUT2D eigenvalue weighted by atomic mass is 16.6. The van der Waals surface area contributed by atoms with E-state index in [0.29, 0.717) is 6.42 Å². The maximum absolute atomic E-state index is 11.1. The third kappa shape index (κ3) is 9.50. The van der Waals surface area contributed by atoms with Crippen molar-refractivity contribution in [3.8, 4) is 0 Å². The Hall–Kier alpha value is -1.72. The Kier molecular flexibility index (Phi) is 7.58. The lowest BCUT2D eigenvalue weighted by Crippen LogP contribution is -2.19. The van der Waals surface area contributed by atoms with Gasteiger partial charge in [-0.05, 0) is 20.8 Å². The Morgan fingerprint density at radius 2 is 1.44 bits per heavy atom. The average Bonchev–Trinajstić information content (AvgIpc) is 2.13. The van der Waals surface area contributed by atoms with Gasteiger partial charge in [0, 0.05) is 6.42 Å². The van der Waals surface area contributed by atoms with Gasteiger partial charge in [-0.2, -0.15) is 0 Å². The SMILES string of the molecule is CC(=O)CC(=O)OCCC(C)OC(=O)CC(C)=O. The van der Waals surface area contributed by atoms with Crippen LogP contribution in [0.3, 0.4) is 0 Å². The van der Waals surface area contributed by atoms with Gasteiger partial charge < -0.3 is 9.47 Å². The Bertz CT molecular complexity index is 333. The van der Waals surface area contributed by atoms with Crippen LogP contribution in [0, 0.1) is 0 Å². The van der Waals surface area contributed by atoms with Gasteiger partial charge >= 0.3 is 11.9 Å². The Labute approximate surface area is 106 Å². The standard InChI is InChI=1S/C12H18O6/c1-8(13)6-11(15)17-5-4-10(3)18-12(16)7-9(2)14/h10H,4-7H2,1-3H3. The fourth-order valence-corrected chi connectivity index (χ4v) is 1.12. The summed E-state index contributed by atoms with van der Waals surface area (Å²) < 4.78 is 9.67. The van der Waals surface area contributed by atoms with Crippen LogP contribution in [0.5, 0.6) is 0 Å². The fourth-order valence-electron chi connectivity index (χ4n) is 1.12. The number of carbonyl (C=O) groups is 4. The maximum atomic E-state index is 11.1. The molecule has 0 aliphatic rings. The normalized spacial score (nSPS) is 11.5.